The molecule has 8 nitrogen and oxygen atoms in total. The first kappa shape index (κ1) is 20.2. The number of fused-ring (bicyclic) bond motifs is 1. The van der Waals surface area contributed by atoms with Gasteiger partial charge in [-0.2, -0.15) is 4.98 Å². The van der Waals surface area contributed by atoms with Crippen molar-refractivity contribution in [2.24, 2.45) is 0 Å². The minimum atomic E-state index is -0.535. The molecule has 3 rings (SSSR count). The lowest BCUT2D eigenvalue weighted by atomic mass is 9.96. The van der Waals surface area contributed by atoms with Gasteiger partial charge in [-0.1, -0.05) is 35.5 Å². The number of benzene rings is 1. The number of thioether (sulfide) groups is 1. The summed E-state index contributed by atoms with van der Waals surface area (Å²) in [5, 5.41) is 8.56. The second-order valence-electron chi connectivity index (χ2n) is 5.87. The topological polar surface area (TPSA) is 95.3 Å². The average Bonchev–Trinajstić information content (AvgIpc) is 3.08. The van der Waals surface area contributed by atoms with E-state index in [1.54, 1.807) is 30.7 Å². The molecule has 0 unspecified atom stereocenters. The quantitative estimate of drug-likeness (QED) is 0.560. The van der Waals surface area contributed by atoms with Gasteiger partial charge < -0.3 is 14.8 Å². The molecule has 0 bridgehead atoms. The number of ether oxygens (including phenoxy) is 2. The smallest absolute Gasteiger partial charge is 0.338 e. The number of hydrogen-bond acceptors (Lipinski definition) is 8. The summed E-state index contributed by atoms with van der Waals surface area (Å²) in [4.78, 5) is 28.5. The van der Waals surface area contributed by atoms with Crippen molar-refractivity contribution in [2.75, 3.05) is 24.8 Å². The summed E-state index contributed by atoms with van der Waals surface area (Å²) in [6.07, 6.45) is 0. The molecule has 1 aromatic carbocycles. The Kier molecular flexibility index (Phi) is 6.25. The lowest BCUT2D eigenvalue weighted by Gasteiger charge is -2.28. The van der Waals surface area contributed by atoms with Gasteiger partial charge in [0.2, 0.25) is 11.1 Å². The molecule has 148 valence electrons. The molecule has 1 atom stereocenters. The average molecular weight is 423 g/mol. The number of rotatable bonds is 6. The molecule has 0 radical (unpaired) electrons. The van der Waals surface area contributed by atoms with Gasteiger partial charge in [-0.15, -0.1) is 5.10 Å². The first-order chi connectivity index (χ1) is 13.4. The van der Waals surface area contributed by atoms with E-state index in [1.165, 1.54) is 7.11 Å². The fourth-order valence-corrected chi connectivity index (χ4v) is 3.59. The Hall–Kier alpha value is -2.52. The third-order valence-electron chi connectivity index (χ3n) is 4.06. The molecule has 0 amide bonds. The van der Waals surface area contributed by atoms with E-state index in [4.69, 9.17) is 16.3 Å². The Morgan fingerprint density at radius 3 is 2.68 bits per heavy atom. The molecule has 0 spiro atoms. The van der Waals surface area contributed by atoms with Crippen LogP contribution in [0.3, 0.4) is 0 Å². The molecule has 1 aliphatic rings. The lowest BCUT2D eigenvalue weighted by molar-refractivity contribution is -0.139. The summed E-state index contributed by atoms with van der Waals surface area (Å²) in [7, 11) is 1.32. The molecule has 1 aliphatic heterocycles. The first-order valence-corrected chi connectivity index (χ1v) is 9.87. The second kappa shape index (κ2) is 8.66. The number of nitrogens with zero attached hydrogens (tertiary/aromatic N) is 3. The number of allylic oxidation sites excluding steroid dienone is 1. The van der Waals surface area contributed by atoms with E-state index in [0.29, 0.717) is 27.4 Å². The molecule has 2 aromatic rings. The van der Waals surface area contributed by atoms with E-state index in [9.17, 15) is 9.59 Å². The zero-order valence-corrected chi connectivity index (χ0v) is 17.1. The maximum absolute atomic E-state index is 12.7. The van der Waals surface area contributed by atoms with Crippen molar-refractivity contribution >= 4 is 41.2 Å². The molecular formula is C18H19ClN4O4S. The Morgan fingerprint density at radius 2 is 2.04 bits per heavy atom. The molecule has 10 heteroatoms. The van der Waals surface area contributed by atoms with Crippen LogP contribution in [0.4, 0.5) is 5.95 Å². The Labute approximate surface area is 171 Å². The summed E-state index contributed by atoms with van der Waals surface area (Å²) in [6, 6.07) is 6.63. The largest absolute Gasteiger partial charge is 0.468 e. The van der Waals surface area contributed by atoms with Gasteiger partial charge in [-0.3, -0.25) is 4.79 Å². The second-order valence-corrected chi connectivity index (χ2v) is 7.24. The summed E-state index contributed by atoms with van der Waals surface area (Å²) in [6.45, 7) is 3.80. The fourth-order valence-electron chi connectivity index (χ4n) is 2.80. The van der Waals surface area contributed by atoms with E-state index in [1.807, 2.05) is 12.1 Å². The molecule has 0 saturated heterocycles. The number of aromatic nitrogens is 3. The number of esters is 2. The molecule has 0 saturated carbocycles. The molecule has 2 heterocycles. The Balaban J connectivity index is 2.03. The zero-order valence-electron chi connectivity index (χ0n) is 15.6. The predicted molar refractivity (Wildman–Crippen MR) is 105 cm³/mol. The monoisotopic (exact) mass is 422 g/mol. The van der Waals surface area contributed by atoms with Crippen LogP contribution < -0.4 is 5.32 Å². The summed E-state index contributed by atoms with van der Waals surface area (Å²) >= 11 is 7.17. The van der Waals surface area contributed by atoms with E-state index < -0.39 is 12.0 Å². The highest BCUT2D eigenvalue weighted by Crippen LogP contribution is 2.37. The number of hydrogen-bond donors (Lipinski definition) is 1. The first-order valence-electron chi connectivity index (χ1n) is 8.51. The predicted octanol–water partition coefficient (Wildman–Crippen LogP) is 3.05. The SMILES string of the molecule is CCOC(=O)C1=C(C)Nc2nc(SCC(=O)OC)nn2[C@@H]1c1ccc(Cl)cc1. The van der Waals surface area contributed by atoms with Crippen LogP contribution in [-0.4, -0.2) is 46.2 Å². The van der Waals surface area contributed by atoms with Crippen LogP contribution in [0.25, 0.3) is 0 Å². The number of anilines is 1. The minimum Gasteiger partial charge on any atom is -0.468 e. The van der Waals surface area contributed by atoms with Gasteiger partial charge in [-0.05, 0) is 31.5 Å². The highest BCUT2D eigenvalue weighted by molar-refractivity contribution is 7.99. The fraction of sp³-hybridized carbons (Fsp3) is 0.333. The van der Waals surface area contributed by atoms with Gasteiger partial charge in [0.1, 0.15) is 6.04 Å². The number of methoxy groups -OCH3 is 1. The standard InChI is InChI=1S/C18H19ClN4O4S/c1-4-27-16(25)14-10(2)20-17-21-18(28-9-13(24)26-3)22-23(17)15(14)11-5-7-12(19)8-6-11/h5-8,15H,4,9H2,1-3H3,(H,20,21,22)/t15-/m1/s1. The van der Waals surface area contributed by atoms with Gasteiger partial charge >= 0.3 is 11.9 Å². The van der Waals surface area contributed by atoms with Crippen molar-refractivity contribution in [3.05, 3.63) is 46.1 Å². The van der Waals surface area contributed by atoms with Crippen LogP contribution in [0.15, 0.2) is 40.7 Å². The lowest BCUT2D eigenvalue weighted by Crippen LogP contribution is -2.29. The van der Waals surface area contributed by atoms with Crippen LogP contribution >= 0.6 is 23.4 Å². The maximum Gasteiger partial charge on any atom is 0.338 e. The van der Waals surface area contributed by atoms with Gasteiger partial charge in [0.25, 0.3) is 0 Å². The third-order valence-corrected chi connectivity index (χ3v) is 5.12. The van der Waals surface area contributed by atoms with Crippen LogP contribution in [0.1, 0.15) is 25.5 Å². The summed E-state index contributed by atoms with van der Waals surface area (Å²) in [5.74, 6) is -0.250. The van der Waals surface area contributed by atoms with Crippen LogP contribution in [0.5, 0.6) is 0 Å². The van der Waals surface area contributed by atoms with Crippen molar-refractivity contribution < 1.29 is 19.1 Å². The molecule has 1 N–H and O–H groups in total. The molecule has 0 fully saturated rings. The number of carbonyl (C=O) groups is 2. The Morgan fingerprint density at radius 1 is 1.32 bits per heavy atom. The minimum absolute atomic E-state index is 0.0860. The van der Waals surface area contributed by atoms with Gasteiger partial charge in [0, 0.05) is 10.7 Å². The van der Waals surface area contributed by atoms with Gasteiger partial charge in [-0.25, -0.2) is 9.48 Å². The van der Waals surface area contributed by atoms with Crippen molar-refractivity contribution in [2.45, 2.75) is 25.0 Å². The Bertz CT molecular complexity index is 926. The molecule has 1 aromatic heterocycles. The molecular weight excluding hydrogens is 404 g/mol. The molecule has 28 heavy (non-hydrogen) atoms. The number of halogens is 1. The highest BCUT2D eigenvalue weighted by atomic mass is 35.5. The van der Waals surface area contributed by atoms with E-state index in [0.717, 1.165) is 17.3 Å². The number of carbonyl (C=O) groups excluding carboxylic acids is 2. The van der Waals surface area contributed by atoms with Gasteiger partial charge in [0.15, 0.2) is 0 Å². The molecule has 0 aliphatic carbocycles. The van der Waals surface area contributed by atoms with Gasteiger partial charge in [0.05, 0.1) is 25.0 Å². The van der Waals surface area contributed by atoms with Crippen molar-refractivity contribution in [3.8, 4) is 0 Å². The summed E-state index contributed by atoms with van der Waals surface area (Å²) in [5.41, 5.74) is 1.87. The van der Waals surface area contributed by atoms with Crippen molar-refractivity contribution in [3.63, 3.8) is 0 Å². The normalized spacial score (nSPS) is 15.6. The number of nitrogens with one attached hydrogen (secondary N) is 1. The van der Waals surface area contributed by atoms with Crippen molar-refractivity contribution in [1.29, 1.82) is 0 Å². The van der Waals surface area contributed by atoms with E-state index in [-0.39, 0.29) is 18.3 Å². The highest BCUT2D eigenvalue weighted by Gasteiger charge is 2.35. The van der Waals surface area contributed by atoms with E-state index >= 15 is 0 Å². The van der Waals surface area contributed by atoms with Crippen LogP contribution in [0.2, 0.25) is 5.02 Å². The van der Waals surface area contributed by atoms with Crippen molar-refractivity contribution in [1.82, 2.24) is 14.8 Å². The third kappa shape index (κ3) is 4.15. The summed E-state index contributed by atoms with van der Waals surface area (Å²) < 4.78 is 11.5. The van der Waals surface area contributed by atoms with E-state index in [2.05, 4.69) is 20.1 Å². The van der Waals surface area contributed by atoms with Crippen LogP contribution in [0, 0.1) is 0 Å². The zero-order chi connectivity index (χ0) is 20.3. The maximum atomic E-state index is 12.7. The van der Waals surface area contributed by atoms with Crippen LogP contribution in [-0.2, 0) is 19.1 Å².